The highest BCUT2D eigenvalue weighted by Crippen LogP contribution is 2.28. The Labute approximate surface area is 232 Å². The van der Waals surface area contributed by atoms with E-state index < -0.39 is 0 Å². The van der Waals surface area contributed by atoms with E-state index in [9.17, 15) is 4.79 Å². The van der Waals surface area contributed by atoms with Crippen LogP contribution in [0.3, 0.4) is 0 Å². The molecule has 0 unspecified atom stereocenters. The number of hydrogen-bond acceptors (Lipinski definition) is 4. The average molecular weight is 619 g/mol. The number of halogens is 2. The molecule has 0 radical (unpaired) electrons. The van der Waals surface area contributed by atoms with Gasteiger partial charge in [-0.15, -0.1) is 0 Å². The summed E-state index contributed by atoms with van der Waals surface area (Å²) >= 11 is 7.08. The molecule has 0 bridgehead atoms. The van der Waals surface area contributed by atoms with Crippen molar-refractivity contribution in [1.82, 2.24) is 9.66 Å². The number of rotatable bonds is 7. The van der Waals surface area contributed by atoms with Gasteiger partial charge in [-0.2, -0.15) is 9.78 Å². The lowest BCUT2D eigenvalue weighted by Crippen LogP contribution is -2.23. The molecule has 186 valence electrons. The fourth-order valence-electron chi connectivity index (χ4n) is 4.19. The van der Waals surface area contributed by atoms with E-state index in [1.807, 2.05) is 48.5 Å². The molecule has 1 aromatic heterocycles. The first-order valence-electron chi connectivity index (χ1n) is 12.1. The molecule has 0 aliphatic carbocycles. The third-order valence-electron chi connectivity index (χ3n) is 6.43. The van der Waals surface area contributed by atoms with Gasteiger partial charge in [0.15, 0.2) is 0 Å². The highest BCUT2D eigenvalue weighted by molar-refractivity contribution is 9.10. The number of aromatic nitrogens is 2. The molecule has 0 saturated carbocycles. The van der Waals surface area contributed by atoms with Crippen molar-refractivity contribution in [3.63, 3.8) is 0 Å². The Bertz CT molecular complexity index is 1690. The lowest BCUT2D eigenvalue weighted by Gasteiger charge is -2.14. The van der Waals surface area contributed by atoms with Crippen molar-refractivity contribution >= 4 is 59.7 Å². The summed E-state index contributed by atoms with van der Waals surface area (Å²) in [5.41, 5.74) is 2.45. The summed E-state index contributed by atoms with van der Waals surface area (Å²) in [6.45, 7) is 4.58. The SMILES string of the molecule is CC[C@H](C)c1nc2ccc(Br)cc2c(=O)n1N=Cc1ccc(OCc2cccc3ccccc23)c(Br)c1. The molecular formula is C30H25Br2N3O2. The van der Waals surface area contributed by atoms with Crippen molar-refractivity contribution in [1.29, 1.82) is 0 Å². The molecule has 0 fully saturated rings. The normalized spacial score (nSPS) is 12.4. The maximum atomic E-state index is 13.3. The summed E-state index contributed by atoms with van der Waals surface area (Å²) in [6, 6.07) is 25.8. The molecule has 4 aromatic carbocycles. The van der Waals surface area contributed by atoms with E-state index in [2.05, 4.69) is 75.1 Å². The molecule has 1 atom stereocenters. The fourth-order valence-corrected chi connectivity index (χ4v) is 5.06. The maximum absolute atomic E-state index is 13.3. The molecule has 5 aromatic rings. The van der Waals surface area contributed by atoms with Gasteiger partial charge < -0.3 is 4.74 Å². The third-order valence-corrected chi connectivity index (χ3v) is 7.54. The highest BCUT2D eigenvalue weighted by atomic mass is 79.9. The van der Waals surface area contributed by atoms with Crippen LogP contribution in [0.4, 0.5) is 0 Å². The van der Waals surface area contributed by atoms with Crippen LogP contribution in [-0.2, 0) is 6.61 Å². The summed E-state index contributed by atoms with van der Waals surface area (Å²) in [5, 5.41) is 7.46. The van der Waals surface area contributed by atoms with Gasteiger partial charge in [-0.3, -0.25) is 4.79 Å². The lowest BCUT2D eigenvalue weighted by atomic mass is 10.1. The van der Waals surface area contributed by atoms with E-state index >= 15 is 0 Å². The predicted molar refractivity (Wildman–Crippen MR) is 158 cm³/mol. The number of hydrogen-bond donors (Lipinski definition) is 0. The molecule has 0 aliphatic heterocycles. The van der Waals surface area contributed by atoms with E-state index in [0.717, 1.165) is 32.2 Å². The summed E-state index contributed by atoms with van der Waals surface area (Å²) in [6.07, 6.45) is 2.52. The van der Waals surface area contributed by atoms with Gasteiger partial charge in [0.2, 0.25) is 0 Å². The van der Waals surface area contributed by atoms with Crippen LogP contribution < -0.4 is 10.3 Å². The van der Waals surface area contributed by atoms with Gasteiger partial charge in [0, 0.05) is 10.4 Å². The Kier molecular flexibility index (Phi) is 7.53. The maximum Gasteiger partial charge on any atom is 0.282 e. The summed E-state index contributed by atoms with van der Waals surface area (Å²) in [5.74, 6) is 1.46. The van der Waals surface area contributed by atoms with Gasteiger partial charge in [-0.05, 0) is 80.6 Å². The number of benzene rings is 4. The molecule has 37 heavy (non-hydrogen) atoms. The second-order valence-electron chi connectivity index (χ2n) is 8.92. The van der Waals surface area contributed by atoms with Crippen molar-refractivity contribution < 1.29 is 4.74 Å². The van der Waals surface area contributed by atoms with Gasteiger partial charge >= 0.3 is 0 Å². The smallest absolute Gasteiger partial charge is 0.282 e. The zero-order valence-corrected chi connectivity index (χ0v) is 23.7. The minimum atomic E-state index is -0.188. The summed E-state index contributed by atoms with van der Waals surface area (Å²) in [4.78, 5) is 18.1. The van der Waals surface area contributed by atoms with Crippen LogP contribution in [0.2, 0.25) is 0 Å². The molecule has 5 nitrogen and oxygen atoms in total. The Morgan fingerprint density at radius 2 is 1.81 bits per heavy atom. The summed E-state index contributed by atoms with van der Waals surface area (Å²) in [7, 11) is 0. The Morgan fingerprint density at radius 3 is 2.62 bits per heavy atom. The second kappa shape index (κ2) is 11.0. The van der Waals surface area contributed by atoms with Gasteiger partial charge in [-0.1, -0.05) is 72.2 Å². The van der Waals surface area contributed by atoms with Crippen LogP contribution in [0.5, 0.6) is 5.75 Å². The van der Waals surface area contributed by atoms with Crippen LogP contribution in [0, 0.1) is 0 Å². The van der Waals surface area contributed by atoms with Gasteiger partial charge in [0.1, 0.15) is 18.2 Å². The van der Waals surface area contributed by atoms with Crippen LogP contribution in [0.1, 0.15) is 43.1 Å². The molecule has 0 amide bonds. The molecular weight excluding hydrogens is 594 g/mol. The van der Waals surface area contributed by atoms with E-state index in [1.54, 1.807) is 12.3 Å². The zero-order valence-electron chi connectivity index (χ0n) is 20.5. The third kappa shape index (κ3) is 5.38. The van der Waals surface area contributed by atoms with Crippen molar-refractivity contribution in [2.24, 2.45) is 5.10 Å². The van der Waals surface area contributed by atoms with Crippen LogP contribution >= 0.6 is 31.9 Å². The fraction of sp³-hybridized carbons (Fsp3) is 0.167. The predicted octanol–water partition coefficient (Wildman–Crippen LogP) is 8.05. The molecule has 7 heteroatoms. The second-order valence-corrected chi connectivity index (χ2v) is 10.7. The molecule has 0 N–H and O–H groups in total. The average Bonchev–Trinajstić information content (AvgIpc) is 2.91. The first-order chi connectivity index (χ1) is 17.9. The first kappa shape index (κ1) is 25.4. The number of ether oxygens (including phenoxy) is 1. The van der Waals surface area contributed by atoms with Crippen molar-refractivity contribution in [2.75, 3.05) is 0 Å². The zero-order chi connectivity index (χ0) is 25.9. The van der Waals surface area contributed by atoms with Crippen LogP contribution in [0.15, 0.2) is 97.7 Å². The molecule has 0 saturated heterocycles. The highest BCUT2D eigenvalue weighted by Gasteiger charge is 2.15. The van der Waals surface area contributed by atoms with Crippen molar-refractivity contribution in [3.05, 3.63) is 115 Å². The first-order valence-corrected chi connectivity index (χ1v) is 13.7. The van der Waals surface area contributed by atoms with Crippen LogP contribution in [-0.4, -0.2) is 15.9 Å². The largest absolute Gasteiger partial charge is 0.488 e. The summed E-state index contributed by atoms with van der Waals surface area (Å²) < 4.78 is 9.19. The van der Waals surface area contributed by atoms with Crippen molar-refractivity contribution in [2.45, 2.75) is 32.8 Å². The molecule has 1 heterocycles. The molecule has 5 rings (SSSR count). The Morgan fingerprint density at radius 1 is 1.00 bits per heavy atom. The molecule has 0 aliphatic rings. The number of nitrogens with zero attached hydrogens (tertiary/aromatic N) is 3. The van der Waals surface area contributed by atoms with Crippen molar-refractivity contribution in [3.8, 4) is 5.75 Å². The van der Waals surface area contributed by atoms with E-state index in [4.69, 9.17) is 9.72 Å². The standard InChI is InChI=1S/C30H25Br2N3O2/c1-3-19(2)29-34-27-13-12-23(31)16-25(27)30(36)35(29)33-17-20-11-14-28(26(32)15-20)37-18-22-9-6-8-21-7-4-5-10-24(21)22/h4-17,19H,3,18H2,1-2H3/t19-/m0/s1. The monoisotopic (exact) mass is 617 g/mol. The Balaban J connectivity index is 1.42. The van der Waals surface area contributed by atoms with Gasteiger partial charge in [0.05, 0.1) is 21.6 Å². The minimum Gasteiger partial charge on any atom is -0.488 e. The van der Waals surface area contributed by atoms with Crippen LogP contribution in [0.25, 0.3) is 21.7 Å². The minimum absolute atomic E-state index is 0.0782. The van der Waals surface area contributed by atoms with E-state index in [-0.39, 0.29) is 11.5 Å². The van der Waals surface area contributed by atoms with E-state index in [0.29, 0.717) is 23.3 Å². The molecule has 0 spiro atoms. The topological polar surface area (TPSA) is 56.5 Å². The number of fused-ring (bicyclic) bond motifs is 2. The van der Waals surface area contributed by atoms with Gasteiger partial charge in [-0.25, -0.2) is 4.98 Å². The van der Waals surface area contributed by atoms with Gasteiger partial charge in [0.25, 0.3) is 5.56 Å². The van der Waals surface area contributed by atoms with E-state index in [1.165, 1.54) is 15.4 Å². The Hall–Kier alpha value is -3.29. The lowest BCUT2D eigenvalue weighted by molar-refractivity contribution is 0.305. The quantitative estimate of drug-likeness (QED) is 0.173.